The number of rotatable bonds is 35. The average molecular weight is 1900 g/mol. The number of carbonyl (C=O) groups excluding carboxylic acids is 4. The van der Waals surface area contributed by atoms with Gasteiger partial charge >= 0.3 is 0 Å². The number of nitrogen functional groups attached to an aromatic ring is 2. The maximum Gasteiger partial charge on any atom is 0.280 e. The Balaban J connectivity index is 0.000000182. The molecule has 2 saturated heterocycles. The molecule has 10 N–H and O–H groups in total. The molecule has 10 aromatic heterocycles. The van der Waals surface area contributed by atoms with Gasteiger partial charge < -0.3 is 89.3 Å². The molecule has 4 amide bonds. The first-order chi connectivity index (χ1) is 66.0. The van der Waals surface area contributed by atoms with Gasteiger partial charge in [-0.15, -0.1) is 43.1 Å². The third-order valence-corrected chi connectivity index (χ3v) is 25.7. The number of aromatic amines is 1. The van der Waals surface area contributed by atoms with E-state index < -0.39 is 41.7 Å². The maximum absolute atomic E-state index is 14.3. The summed E-state index contributed by atoms with van der Waals surface area (Å²) in [5.74, 6) is -0.527. The Morgan fingerprint density at radius 3 is 1.45 bits per heavy atom. The van der Waals surface area contributed by atoms with Crippen molar-refractivity contribution in [1.82, 2.24) is 90.2 Å². The fourth-order valence-electron chi connectivity index (χ4n) is 16.3. The monoisotopic (exact) mass is 1900 g/mol. The van der Waals surface area contributed by atoms with Crippen LogP contribution in [0, 0.1) is 25.7 Å². The van der Waals surface area contributed by atoms with Gasteiger partial charge in [0, 0.05) is 123 Å². The number of amides is 4. The summed E-state index contributed by atoms with van der Waals surface area (Å²) in [6, 6.07) is 41.7. The smallest absolute Gasteiger partial charge is 0.280 e. The zero-order valence-electron chi connectivity index (χ0n) is 77.7. The van der Waals surface area contributed by atoms with Crippen molar-refractivity contribution in [3.63, 3.8) is 0 Å². The number of nitrogens with one attached hydrogen (secondary N) is 3. The molecule has 0 aliphatic carbocycles. The van der Waals surface area contributed by atoms with Crippen molar-refractivity contribution in [3.8, 4) is 88.9 Å². The first kappa shape index (κ1) is 98.5. The fourth-order valence-corrected chi connectivity index (χ4v) is 17.9. The van der Waals surface area contributed by atoms with Gasteiger partial charge in [-0.3, -0.25) is 38.1 Å². The molecule has 2 fully saturated rings. The van der Waals surface area contributed by atoms with Crippen LogP contribution in [-0.2, 0) is 35.2 Å². The van der Waals surface area contributed by atoms with E-state index in [1.54, 1.807) is 89.1 Å². The van der Waals surface area contributed by atoms with E-state index in [9.17, 15) is 39.0 Å². The van der Waals surface area contributed by atoms with E-state index in [1.165, 1.54) is 21.9 Å². The highest BCUT2D eigenvalue weighted by Gasteiger charge is 2.46. The Morgan fingerprint density at radius 1 is 0.526 bits per heavy atom. The van der Waals surface area contributed by atoms with E-state index in [1.807, 2.05) is 213 Å². The van der Waals surface area contributed by atoms with Crippen LogP contribution >= 0.6 is 22.7 Å². The Hall–Kier alpha value is -14.5. The summed E-state index contributed by atoms with van der Waals surface area (Å²) in [7, 11) is 3.12. The average Bonchev–Trinajstić information content (AvgIpc) is 1.46. The number of aliphatic hydroxyl groups excluding tert-OH is 3. The van der Waals surface area contributed by atoms with Crippen molar-refractivity contribution in [2.24, 2.45) is 11.8 Å². The van der Waals surface area contributed by atoms with Crippen LogP contribution in [0.15, 0.2) is 212 Å². The zero-order chi connectivity index (χ0) is 97.3. The van der Waals surface area contributed by atoms with E-state index in [4.69, 9.17) is 54.0 Å². The van der Waals surface area contributed by atoms with Gasteiger partial charge in [0.2, 0.25) is 29.5 Å². The van der Waals surface area contributed by atoms with Gasteiger partial charge in [-0.1, -0.05) is 100 Å². The second-order valence-corrected chi connectivity index (χ2v) is 35.6. The minimum absolute atomic E-state index is 0.00225. The number of aromatic nitrogens is 14. The molecule has 2 aliphatic rings. The molecule has 716 valence electrons. The van der Waals surface area contributed by atoms with Crippen LogP contribution in [-0.4, -0.2) is 204 Å². The van der Waals surface area contributed by atoms with Crippen LogP contribution < -0.4 is 52.2 Å². The van der Waals surface area contributed by atoms with Crippen molar-refractivity contribution in [3.05, 3.63) is 260 Å². The van der Waals surface area contributed by atoms with E-state index in [0.29, 0.717) is 40.1 Å². The summed E-state index contributed by atoms with van der Waals surface area (Å²) < 4.78 is 48.8. The Morgan fingerprint density at radius 2 is 1.00 bits per heavy atom. The molecule has 0 spiro atoms. The highest BCUT2D eigenvalue weighted by molar-refractivity contribution is 7.13. The molecule has 0 radical (unpaired) electrons. The molecule has 14 aromatic rings. The highest BCUT2D eigenvalue weighted by Crippen LogP contribution is 2.40. The normalized spacial score (nSPS) is 16.0. The Kier molecular flexibility index (Phi) is 32.5. The number of anilines is 2. The number of H-pyrrole nitrogens is 1. The topological polar surface area (TPSA) is 487 Å². The van der Waals surface area contributed by atoms with Gasteiger partial charge in [-0.2, -0.15) is 15.4 Å². The number of methoxy groups -OCH3 is 2. The number of ether oxygens (including phenoxy) is 6. The Labute approximate surface area is 797 Å². The van der Waals surface area contributed by atoms with E-state index in [2.05, 4.69) is 66.5 Å². The number of pyridine rings is 2. The van der Waals surface area contributed by atoms with Crippen molar-refractivity contribution in [2.75, 3.05) is 72.2 Å². The van der Waals surface area contributed by atoms with Gasteiger partial charge in [0.05, 0.1) is 105 Å². The molecular formula is C98H110N20O17S2. The van der Waals surface area contributed by atoms with Crippen LogP contribution in [0.2, 0.25) is 0 Å². The summed E-state index contributed by atoms with van der Waals surface area (Å²) in [4.78, 5) is 97.2. The molecule has 4 aromatic carbocycles. The first-order valence-corrected chi connectivity index (χ1v) is 46.3. The number of aliphatic hydroxyl groups is 3. The number of likely N-dealkylation sites (tertiary alicyclic amines) is 2. The molecule has 2 aliphatic heterocycles. The molecule has 4 unspecified atom stereocenters. The number of benzene rings is 4. The van der Waals surface area contributed by atoms with Crippen LogP contribution in [0.1, 0.15) is 149 Å². The summed E-state index contributed by atoms with van der Waals surface area (Å²) in [6.45, 7) is 19.8. The van der Waals surface area contributed by atoms with Gasteiger partial charge in [0.25, 0.3) is 17.0 Å². The first-order valence-electron chi connectivity index (χ1n) is 44.6. The van der Waals surface area contributed by atoms with Gasteiger partial charge in [-0.05, 0) is 140 Å². The predicted molar refractivity (Wildman–Crippen MR) is 513 cm³/mol. The number of hydrogen-bond acceptors (Lipinski definition) is 31. The number of carbonyl (C=O) groups is 4. The lowest BCUT2D eigenvalue weighted by atomic mass is 9.91. The van der Waals surface area contributed by atoms with E-state index >= 15 is 0 Å². The van der Waals surface area contributed by atoms with Crippen molar-refractivity contribution < 1.29 is 72.0 Å². The number of β-amino-alcohol motifs (C(OH)–C–C–N with tert-alkyl or cyclic N) is 2. The van der Waals surface area contributed by atoms with Crippen LogP contribution in [0.25, 0.3) is 65.6 Å². The van der Waals surface area contributed by atoms with Gasteiger partial charge in [0.1, 0.15) is 48.6 Å². The molecule has 39 heteroatoms. The van der Waals surface area contributed by atoms with Crippen LogP contribution in [0.5, 0.6) is 23.3 Å². The lowest BCUT2D eigenvalue weighted by Crippen LogP contribution is -2.48. The van der Waals surface area contributed by atoms with Gasteiger partial charge in [-0.25, -0.2) is 15.0 Å². The lowest BCUT2D eigenvalue weighted by Gasteiger charge is -2.29. The second-order valence-electron chi connectivity index (χ2n) is 33.9. The zero-order valence-corrected chi connectivity index (χ0v) is 79.3. The lowest BCUT2D eigenvalue weighted by molar-refractivity contribution is -0.141. The predicted octanol–water partition coefficient (Wildman–Crippen LogP) is 12.3. The molecule has 0 saturated carbocycles. The molecule has 16 rings (SSSR count). The second kappa shape index (κ2) is 45.2. The maximum atomic E-state index is 14.3. The molecule has 137 heavy (non-hydrogen) atoms. The third-order valence-electron chi connectivity index (χ3n) is 23.7. The quantitative estimate of drug-likeness (QED) is 0.0171. The minimum Gasteiger partial charge on any atom is -0.475 e. The number of aryl methyl sites for hydroxylation is 2. The number of nitrogens with zero attached hydrogens (tertiary/aromatic N) is 15. The SMILES string of the molecule is COCOc1ccccc1-c1cc(-c2cnn(C(C)c3ccc(=O)n(CCOc4cc(C(C(=O)N5C[C@H](O)C[C@H]5C(=O)N[C@@H](C)c5ccc(-c6scnc6C)cc5)C(C)C)on4)c3)c2)c(N)nn1.COCOc1ccccc1-c1cc(-c2cnn(C(C)c3ccc(OCCO)nc3)c2)c(N)nn1.Cc1ncsc1-c1ccc([C@H](C)NC(=O)[C@@H]2C[C@@H](O)CN2C(=O)C(c2cc(=O)[nH]o2)C(C)C)cc1. The molecule has 10 atom stereocenters. The highest BCUT2D eigenvalue weighted by atomic mass is 32.1. The molecule has 0 bridgehead atoms. The fraction of sp³-hybridized carbons (Fsp3) is 0.347. The summed E-state index contributed by atoms with van der Waals surface area (Å²) >= 11 is 3.16. The third kappa shape index (κ3) is 23.7. The summed E-state index contributed by atoms with van der Waals surface area (Å²) in [6.07, 6.45) is 9.28. The van der Waals surface area contributed by atoms with Crippen LogP contribution in [0.3, 0.4) is 0 Å². The van der Waals surface area contributed by atoms with E-state index in [-0.39, 0.29) is 154 Å². The van der Waals surface area contributed by atoms with Crippen LogP contribution in [0.4, 0.5) is 11.6 Å². The minimum atomic E-state index is -0.882. The number of nitrogens with two attached hydrogens (primary N) is 2. The number of hydrogen-bond donors (Lipinski definition) is 8. The summed E-state index contributed by atoms with van der Waals surface area (Å²) in [5, 5.41) is 68.3. The molecular weight excluding hydrogens is 1790 g/mol. The van der Waals surface area contributed by atoms with Crippen molar-refractivity contribution >= 4 is 57.9 Å². The standard InChI is InChI=1S/C49H54N10O8S.C25H30N4O5S.C24H26N6O4/c1-28(2)45(49(63)58-25-36(60)19-40(58)48(62)53-29(3)32-11-13-33(14-12-32)46-30(4)51-26-68-46)42-21-43(56-67-42)65-18-17-57-23-34(15-16-44(57)61)31(5)59-24-35(22-52-59)38-20-39(54-55-47(38)50)37-9-7-8-10-41(37)66-27-64-6;1-13(2)22(20-10-21(31)28-34-20)25(33)29-11-18(30)9-19(29)24(32)27-14(3)16-5-7-17(8-6-16)23-15(4)26-12-35-23;1-16(17-7-8-23(26-12-17)33-10-9-31)30-14-18(13-27-30)20-11-21(28-29-24(20)25)19-5-3-4-6-22(19)34-15-32-2/h7-16,20-24,26,28-29,31,36,40,45,60H,17-19,25,27H2,1-6H3,(H2,50,55)(H,53,62);5-8,10,12-14,18-19,22,30H,9,11H2,1-4H3,(H,27,32)(H,28,31);3-8,11-14,16,31H,9-10,15H2,1-2H3,(H2,25,29)/t29-,31?,36+,40-,45?;14-,18+,19-,22?;/m00./s1. The molecule has 12 heterocycles. The van der Waals surface area contributed by atoms with Crippen molar-refractivity contribution in [1.29, 1.82) is 0 Å². The van der Waals surface area contributed by atoms with E-state index in [0.717, 1.165) is 82.3 Å². The number of para-hydroxylation sites is 2. The van der Waals surface area contributed by atoms with Crippen molar-refractivity contribution in [2.45, 2.75) is 149 Å². The summed E-state index contributed by atoms with van der Waals surface area (Å²) in [5.41, 5.74) is 28.7. The molecule has 37 nitrogen and oxygen atoms in total. The number of thiazole rings is 2. The largest absolute Gasteiger partial charge is 0.475 e. The van der Waals surface area contributed by atoms with Gasteiger partial charge in [0.15, 0.2) is 36.7 Å². The Bertz CT molecular complexity index is 6570.